The molecule has 1 aromatic carbocycles. The van der Waals surface area contributed by atoms with Crippen LogP contribution in [0.15, 0.2) is 42.6 Å². The lowest BCUT2D eigenvalue weighted by Crippen LogP contribution is -2.51. The third-order valence-corrected chi connectivity index (χ3v) is 5.62. The maximum atomic E-state index is 12.7. The van der Waals surface area contributed by atoms with Gasteiger partial charge in [-0.05, 0) is 42.7 Å². The summed E-state index contributed by atoms with van der Waals surface area (Å²) in [5, 5.41) is 12.4. The first-order valence-corrected chi connectivity index (χ1v) is 10.5. The number of amides is 1. The summed E-state index contributed by atoms with van der Waals surface area (Å²) < 4.78 is 38.6. The zero-order chi connectivity index (χ0) is 23.4. The third-order valence-electron chi connectivity index (χ3n) is 5.62. The van der Waals surface area contributed by atoms with Gasteiger partial charge in [-0.2, -0.15) is 18.4 Å². The summed E-state index contributed by atoms with van der Waals surface area (Å²) in [6, 6.07) is 10.4. The monoisotopic (exact) mass is 446 g/mol. The fraction of sp³-hybridized carbons (Fsp3) is 0.435. The molecule has 0 unspecified atom stereocenters. The minimum absolute atomic E-state index is 0.00179. The SMILES string of the molecule is C[N+](C)(CCNc1ccc(-c2ccc(C(F)(F)F)cc2)cn1)CC(=O)N1CCC[C@H]1C#N. The maximum absolute atomic E-state index is 12.7. The Hall–Kier alpha value is -3.12. The van der Waals surface area contributed by atoms with Crippen LogP contribution in [0.25, 0.3) is 11.1 Å². The largest absolute Gasteiger partial charge is 0.416 e. The quantitative estimate of drug-likeness (QED) is 0.658. The van der Waals surface area contributed by atoms with Crippen molar-refractivity contribution in [2.45, 2.75) is 25.1 Å². The highest BCUT2D eigenvalue weighted by Crippen LogP contribution is 2.31. The molecular formula is C23H27F3N5O+. The van der Waals surface area contributed by atoms with Crippen molar-refractivity contribution in [3.8, 4) is 17.2 Å². The van der Waals surface area contributed by atoms with E-state index in [0.29, 0.717) is 42.0 Å². The van der Waals surface area contributed by atoms with E-state index in [9.17, 15) is 23.2 Å². The Labute approximate surface area is 185 Å². The van der Waals surface area contributed by atoms with E-state index in [0.717, 1.165) is 30.5 Å². The number of pyridine rings is 1. The van der Waals surface area contributed by atoms with Gasteiger partial charge >= 0.3 is 6.18 Å². The second-order valence-corrected chi connectivity index (χ2v) is 8.63. The van der Waals surface area contributed by atoms with Gasteiger partial charge in [-0.1, -0.05) is 12.1 Å². The molecule has 2 heterocycles. The predicted molar refractivity (Wildman–Crippen MR) is 115 cm³/mol. The molecular weight excluding hydrogens is 419 g/mol. The molecule has 6 nitrogen and oxygen atoms in total. The summed E-state index contributed by atoms with van der Waals surface area (Å²) in [6.45, 7) is 2.23. The number of aromatic nitrogens is 1. The number of alkyl halides is 3. The molecule has 0 saturated carbocycles. The van der Waals surface area contributed by atoms with E-state index in [1.165, 1.54) is 12.1 Å². The summed E-state index contributed by atoms with van der Waals surface area (Å²) >= 11 is 0. The number of rotatable bonds is 7. The fourth-order valence-electron chi connectivity index (χ4n) is 3.74. The molecule has 1 atom stereocenters. The van der Waals surface area contributed by atoms with Gasteiger partial charge in [0.2, 0.25) is 0 Å². The van der Waals surface area contributed by atoms with Gasteiger partial charge in [0.25, 0.3) is 5.91 Å². The number of carbonyl (C=O) groups is 1. The minimum Gasteiger partial charge on any atom is -0.364 e. The number of likely N-dealkylation sites (N-methyl/N-ethyl adjacent to an activating group) is 1. The molecule has 1 fully saturated rings. The number of benzene rings is 1. The molecule has 170 valence electrons. The fourth-order valence-corrected chi connectivity index (χ4v) is 3.74. The molecule has 1 aliphatic rings. The van der Waals surface area contributed by atoms with Crippen molar-refractivity contribution in [1.82, 2.24) is 9.88 Å². The molecule has 0 spiro atoms. The lowest BCUT2D eigenvalue weighted by molar-refractivity contribution is -0.881. The van der Waals surface area contributed by atoms with Crippen LogP contribution in [0.4, 0.5) is 19.0 Å². The van der Waals surface area contributed by atoms with Crippen molar-refractivity contribution in [1.29, 1.82) is 5.26 Å². The molecule has 3 rings (SSSR count). The van der Waals surface area contributed by atoms with Gasteiger partial charge in [-0.25, -0.2) is 4.98 Å². The standard InChI is InChI=1S/C23H27F3N5O/c1-31(2,16-22(32)30-12-3-4-20(30)14-27)13-11-28-21-10-7-18(15-29-21)17-5-8-19(9-6-17)23(24,25)26/h5-10,15,20H,3-4,11-13,16H2,1-2H3,(H,28,29)/q+1/t20-/m0/s1. The highest BCUT2D eigenvalue weighted by Gasteiger charge is 2.32. The lowest BCUT2D eigenvalue weighted by Gasteiger charge is -2.31. The van der Waals surface area contributed by atoms with Crippen LogP contribution < -0.4 is 5.32 Å². The van der Waals surface area contributed by atoms with Crippen molar-refractivity contribution in [2.24, 2.45) is 0 Å². The molecule has 0 radical (unpaired) electrons. The number of likely N-dealkylation sites (tertiary alicyclic amines) is 1. The van der Waals surface area contributed by atoms with Crippen molar-refractivity contribution < 1.29 is 22.4 Å². The zero-order valence-electron chi connectivity index (χ0n) is 18.2. The highest BCUT2D eigenvalue weighted by molar-refractivity contribution is 5.78. The van der Waals surface area contributed by atoms with Crippen molar-refractivity contribution in [3.05, 3.63) is 48.2 Å². The van der Waals surface area contributed by atoms with E-state index >= 15 is 0 Å². The number of hydrogen-bond donors (Lipinski definition) is 1. The van der Waals surface area contributed by atoms with E-state index in [1.807, 2.05) is 14.1 Å². The number of quaternary nitrogens is 1. The molecule has 0 aliphatic carbocycles. The van der Waals surface area contributed by atoms with Crippen LogP contribution in [0, 0.1) is 11.3 Å². The average molecular weight is 446 g/mol. The molecule has 0 bridgehead atoms. The number of anilines is 1. The molecule has 1 aromatic heterocycles. The zero-order valence-corrected chi connectivity index (χ0v) is 18.2. The molecule has 9 heteroatoms. The van der Waals surface area contributed by atoms with Gasteiger partial charge in [0, 0.05) is 18.3 Å². The van der Waals surface area contributed by atoms with Crippen LogP contribution in [0.3, 0.4) is 0 Å². The predicted octanol–water partition coefficient (Wildman–Crippen LogP) is 3.77. The number of nitrogens with one attached hydrogen (secondary N) is 1. The minimum atomic E-state index is -4.35. The number of nitriles is 1. The lowest BCUT2D eigenvalue weighted by atomic mass is 10.1. The van der Waals surface area contributed by atoms with Crippen LogP contribution >= 0.6 is 0 Å². The Bertz CT molecular complexity index is 965. The number of carbonyl (C=O) groups excluding carboxylic acids is 1. The van der Waals surface area contributed by atoms with Crippen LogP contribution in [0.1, 0.15) is 18.4 Å². The Morgan fingerprint density at radius 3 is 2.50 bits per heavy atom. The van der Waals surface area contributed by atoms with Crippen molar-refractivity contribution in [2.75, 3.05) is 45.6 Å². The van der Waals surface area contributed by atoms with Crippen LogP contribution in [0.2, 0.25) is 0 Å². The Morgan fingerprint density at radius 1 is 1.22 bits per heavy atom. The summed E-state index contributed by atoms with van der Waals surface area (Å²) in [5.74, 6) is 0.647. The summed E-state index contributed by atoms with van der Waals surface area (Å²) in [6.07, 6.45) is -1.13. The maximum Gasteiger partial charge on any atom is 0.416 e. The average Bonchev–Trinajstić information content (AvgIpc) is 3.22. The number of hydrogen-bond acceptors (Lipinski definition) is 4. The number of halogens is 3. The molecule has 1 amide bonds. The molecule has 1 saturated heterocycles. The van der Waals surface area contributed by atoms with Crippen molar-refractivity contribution >= 4 is 11.7 Å². The van der Waals surface area contributed by atoms with Crippen LogP contribution in [-0.4, -0.2) is 66.6 Å². The topological polar surface area (TPSA) is 69.0 Å². The van der Waals surface area contributed by atoms with Gasteiger partial charge < -0.3 is 14.7 Å². The van der Waals surface area contributed by atoms with E-state index < -0.39 is 11.7 Å². The first-order chi connectivity index (χ1) is 15.1. The highest BCUT2D eigenvalue weighted by atomic mass is 19.4. The molecule has 2 aromatic rings. The van der Waals surface area contributed by atoms with Crippen LogP contribution in [-0.2, 0) is 11.0 Å². The van der Waals surface area contributed by atoms with Gasteiger partial charge in [-0.15, -0.1) is 0 Å². The van der Waals surface area contributed by atoms with E-state index in [2.05, 4.69) is 16.4 Å². The van der Waals surface area contributed by atoms with Gasteiger partial charge in [0.15, 0.2) is 6.54 Å². The van der Waals surface area contributed by atoms with Crippen molar-refractivity contribution in [3.63, 3.8) is 0 Å². The summed E-state index contributed by atoms with van der Waals surface area (Å²) in [5.41, 5.74) is 0.703. The Morgan fingerprint density at radius 2 is 1.91 bits per heavy atom. The second-order valence-electron chi connectivity index (χ2n) is 8.63. The summed E-state index contributed by atoms with van der Waals surface area (Å²) in [7, 11) is 3.94. The molecule has 1 N–H and O–H groups in total. The molecule has 32 heavy (non-hydrogen) atoms. The van der Waals surface area contributed by atoms with Gasteiger partial charge in [0.05, 0.1) is 38.8 Å². The van der Waals surface area contributed by atoms with E-state index in [4.69, 9.17) is 0 Å². The number of nitrogens with zero attached hydrogens (tertiary/aromatic N) is 4. The molecule has 1 aliphatic heterocycles. The first kappa shape index (κ1) is 23.5. The van der Waals surface area contributed by atoms with E-state index in [-0.39, 0.29) is 11.9 Å². The van der Waals surface area contributed by atoms with Gasteiger partial charge in [0.1, 0.15) is 11.9 Å². The summed E-state index contributed by atoms with van der Waals surface area (Å²) in [4.78, 5) is 18.6. The smallest absolute Gasteiger partial charge is 0.364 e. The van der Waals surface area contributed by atoms with Gasteiger partial charge in [-0.3, -0.25) is 4.79 Å². The second kappa shape index (κ2) is 9.57. The van der Waals surface area contributed by atoms with Crippen LogP contribution in [0.5, 0.6) is 0 Å². The third kappa shape index (κ3) is 5.98. The Kier molecular flexibility index (Phi) is 7.04. The Balaban J connectivity index is 1.50. The normalized spacial score (nSPS) is 16.6. The first-order valence-electron chi connectivity index (χ1n) is 10.5. The van der Waals surface area contributed by atoms with E-state index in [1.54, 1.807) is 23.2 Å².